The minimum Gasteiger partial charge on any atom is -0.326 e. The molecule has 0 aromatic heterocycles. The van der Waals surface area contributed by atoms with Crippen LogP contribution in [0.25, 0.3) is 0 Å². The molecule has 2 aromatic rings. The Morgan fingerprint density at radius 2 is 1.88 bits per heavy atom. The van der Waals surface area contributed by atoms with Crippen LogP contribution in [0.5, 0.6) is 0 Å². The Morgan fingerprint density at radius 1 is 1.12 bits per heavy atom. The van der Waals surface area contributed by atoms with Gasteiger partial charge in [-0.15, -0.1) is 0 Å². The fourth-order valence-electron chi connectivity index (χ4n) is 3.15. The van der Waals surface area contributed by atoms with Gasteiger partial charge >= 0.3 is 0 Å². The van der Waals surface area contributed by atoms with Crippen LogP contribution in [0.1, 0.15) is 18.0 Å². The summed E-state index contributed by atoms with van der Waals surface area (Å²) >= 11 is 0. The lowest BCUT2D eigenvalue weighted by atomic mass is 10.0. The zero-order valence-corrected chi connectivity index (χ0v) is 14.1. The van der Waals surface area contributed by atoms with Crippen molar-refractivity contribution >= 4 is 11.6 Å². The van der Waals surface area contributed by atoms with Crippen molar-refractivity contribution in [2.24, 2.45) is 0 Å². The fourth-order valence-corrected chi connectivity index (χ4v) is 3.15. The molecule has 0 spiro atoms. The second-order valence-corrected chi connectivity index (χ2v) is 6.27. The molecule has 0 bridgehead atoms. The van der Waals surface area contributed by atoms with Crippen LogP contribution in [0.2, 0.25) is 0 Å². The van der Waals surface area contributed by atoms with Gasteiger partial charge in [-0.05, 0) is 29.8 Å². The number of hydrogen-bond acceptors (Lipinski definition) is 3. The number of amides is 1. The highest BCUT2D eigenvalue weighted by atomic mass is 19.1. The van der Waals surface area contributed by atoms with Crippen molar-refractivity contribution in [1.82, 2.24) is 10.2 Å². The third-order valence-corrected chi connectivity index (χ3v) is 4.36. The van der Waals surface area contributed by atoms with Gasteiger partial charge in [-0.2, -0.15) is 0 Å². The lowest BCUT2D eigenvalue weighted by molar-refractivity contribution is -0.116. The minimum absolute atomic E-state index is 0.0288. The molecule has 3 rings (SSSR count). The van der Waals surface area contributed by atoms with Gasteiger partial charge in [0.1, 0.15) is 17.5 Å². The molecule has 1 atom stereocenters. The van der Waals surface area contributed by atoms with Gasteiger partial charge < -0.3 is 10.6 Å². The smallest absolute Gasteiger partial charge is 0.225 e. The van der Waals surface area contributed by atoms with Crippen molar-refractivity contribution in [3.8, 4) is 0 Å². The molecule has 0 radical (unpaired) electrons. The van der Waals surface area contributed by atoms with Gasteiger partial charge in [0.2, 0.25) is 5.91 Å². The van der Waals surface area contributed by atoms with Gasteiger partial charge in [-0.25, -0.2) is 13.2 Å². The minimum atomic E-state index is -0.742. The third kappa shape index (κ3) is 4.83. The number of nitrogens with zero attached hydrogens (tertiary/aromatic N) is 1. The summed E-state index contributed by atoms with van der Waals surface area (Å²) in [5.41, 5.74) is 0.944. The Labute approximate surface area is 150 Å². The maximum absolute atomic E-state index is 13.5. The highest BCUT2D eigenvalue weighted by molar-refractivity contribution is 5.90. The molecule has 138 valence electrons. The van der Waals surface area contributed by atoms with Crippen molar-refractivity contribution < 1.29 is 18.0 Å². The Balaban J connectivity index is 1.60. The summed E-state index contributed by atoms with van der Waals surface area (Å²) in [6.45, 7) is 2.64. The number of piperazine rings is 1. The van der Waals surface area contributed by atoms with Gasteiger partial charge in [0, 0.05) is 50.4 Å². The number of carbonyl (C=O) groups is 1. The molecule has 0 aliphatic carbocycles. The molecule has 1 fully saturated rings. The van der Waals surface area contributed by atoms with E-state index in [9.17, 15) is 18.0 Å². The van der Waals surface area contributed by atoms with Crippen LogP contribution in [0.4, 0.5) is 18.9 Å². The third-order valence-electron chi connectivity index (χ3n) is 4.36. The average Bonchev–Trinajstić information content (AvgIpc) is 2.59. The Bertz CT molecular complexity index is 764. The predicted molar refractivity (Wildman–Crippen MR) is 93.2 cm³/mol. The number of carbonyl (C=O) groups excluding carboxylic acids is 1. The first-order valence-electron chi connectivity index (χ1n) is 8.47. The second-order valence-electron chi connectivity index (χ2n) is 6.27. The Kier molecular flexibility index (Phi) is 5.90. The van der Waals surface area contributed by atoms with E-state index < -0.39 is 11.6 Å². The molecule has 1 unspecified atom stereocenters. The summed E-state index contributed by atoms with van der Waals surface area (Å²) in [5.74, 6) is -2.10. The number of nitrogens with one attached hydrogen (secondary N) is 2. The first kappa shape index (κ1) is 18.4. The average molecular weight is 363 g/mol. The number of benzene rings is 2. The lowest BCUT2D eigenvalue weighted by Gasteiger charge is -2.36. The second kappa shape index (κ2) is 8.33. The van der Waals surface area contributed by atoms with E-state index in [0.717, 1.165) is 36.9 Å². The molecule has 1 amide bonds. The van der Waals surface area contributed by atoms with Gasteiger partial charge in [0.25, 0.3) is 0 Å². The number of anilines is 1. The zero-order valence-electron chi connectivity index (χ0n) is 14.1. The number of halogens is 3. The summed E-state index contributed by atoms with van der Waals surface area (Å²) in [4.78, 5) is 14.2. The normalized spacial score (nSPS) is 17.9. The summed E-state index contributed by atoms with van der Waals surface area (Å²) in [5, 5.41) is 5.78. The first-order valence-corrected chi connectivity index (χ1v) is 8.47. The number of hydrogen-bond donors (Lipinski definition) is 2. The molecule has 26 heavy (non-hydrogen) atoms. The molecule has 7 heteroatoms. The quantitative estimate of drug-likeness (QED) is 0.858. The lowest BCUT2D eigenvalue weighted by Crippen LogP contribution is -2.46. The van der Waals surface area contributed by atoms with Crippen LogP contribution in [-0.4, -0.2) is 37.0 Å². The first-order chi connectivity index (χ1) is 12.5. The van der Waals surface area contributed by atoms with Gasteiger partial charge in [0.15, 0.2) is 0 Å². The highest BCUT2D eigenvalue weighted by Crippen LogP contribution is 2.23. The Morgan fingerprint density at radius 3 is 2.62 bits per heavy atom. The number of rotatable bonds is 5. The van der Waals surface area contributed by atoms with Gasteiger partial charge in [-0.1, -0.05) is 12.1 Å². The molecular weight excluding hydrogens is 343 g/mol. The van der Waals surface area contributed by atoms with Crippen molar-refractivity contribution in [3.63, 3.8) is 0 Å². The molecule has 0 saturated carbocycles. The summed E-state index contributed by atoms with van der Waals surface area (Å²) in [6.07, 6.45) is 0.171. The molecule has 1 aliphatic rings. The van der Waals surface area contributed by atoms with E-state index in [2.05, 4.69) is 15.5 Å². The molecule has 2 N–H and O–H groups in total. The Hall–Kier alpha value is -2.38. The van der Waals surface area contributed by atoms with Crippen LogP contribution in [-0.2, 0) is 4.79 Å². The van der Waals surface area contributed by atoms with E-state index in [4.69, 9.17) is 0 Å². The molecule has 4 nitrogen and oxygen atoms in total. The van der Waals surface area contributed by atoms with Crippen LogP contribution >= 0.6 is 0 Å². The summed E-state index contributed by atoms with van der Waals surface area (Å²) in [6, 6.07) is 9.30. The largest absolute Gasteiger partial charge is 0.326 e. The summed E-state index contributed by atoms with van der Waals surface area (Å²) < 4.78 is 39.9. The van der Waals surface area contributed by atoms with Gasteiger partial charge in [-0.3, -0.25) is 9.69 Å². The van der Waals surface area contributed by atoms with Crippen LogP contribution < -0.4 is 10.6 Å². The van der Waals surface area contributed by atoms with Crippen molar-refractivity contribution in [2.45, 2.75) is 12.5 Å². The van der Waals surface area contributed by atoms with E-state index in [1.807, 2.05) is 6.07 Å². The van der Waals surface area contributed by atoms with Crippen molar-refractivity contribution in [1.29, 1.82) is 0 Å². The van der Waals surface area contributed by atoms with E-state index in [0.29, 0.717) is 13.1 Å². The zero-order chi connectivity index (χ0) is 18.5. The standard InChI is InChI=1S/C19H20F3N3O/c20-14-3-1-2-13(8-14)18-12-23-5-7-25(18)6-4-19(26)24-17-10-15(21)9-16(22)11-17/h1-3,8-11,18,23H,4-7,12H2,(H,24,26). The SMILES string of the molecule is O=C(CCN1CCNCC1c1cccc(F)c1)Nc1cc(F)cc(F)c1. The topological polar surface area (TPSA) is 44.4 Å². The van der Waals surface area contributed by atoms with Crippen LogP contribution in [0.15, 0.2) is 42.5 Å². The van der Waals surface area contributed by atoms with E-state index in [1.165, 1.54) is 12.1 Å². The van der Waals surface area contributed by atoms with E-state index in [-0.39, 0.29) is 29.9 Å². The molecular formula is C19H20F3N3O. The van der Waals surface area contributed by atoms with E-state index in [1.54, 1.807) is 6.07 Å². The molecule has 1 aliphatic heterocycles. The van der Waals surface area contributed by atoms with Crippen molar-refractivity contribution in [2.75, 3.05) is 31.5 Å². The monoisotopic (exact) mass is 363 g/mol. The van der Waals surface area contributed by atoms with E-state index >= 15 is 0 Å². The molecule has 1 saturated heterocycles. The predicted octanol–water partition coefficient (Wildman–Crippen LogP) is 3.08. The van der Waals surface area contributed by atoms with Crippen LogP contribution in [0.3, 0.4) is 0 Å². The van der Waals surface area contributed by atoms with Crippen LogP contribution in [0, 0.1) is 17.5 Å². The highest BCUT2D eigenvalue weighted by Gasteiger charge is 2.24. The maximum atomic E-state index is 13.5. The van der Waals surface area contributed by atoms with Crippen molar-refractivity contribution in [3.05, 3.63) is 65.5 Å². The molecule has 1 heterocycles. The fraction of sp³-hybridized carbons (Fsp3) is 0.316. The van der Waals surface area contributed by atoms with Gasteiger partial charge in [0.05, 0.1) is 0 Å². The molecule has 2 aromatic carbocycles. The summed E-state index contributed by atoms with van der Waals surface area (Å²) in [7, 11) is 0. The maximum Gasteiger partial charge on any atom is 0.225 e.